The van der Waals surface area contributed by atoms with E-state index in [9.17, 15) is 20.2 Å². The first-order valence-corrected chi connectivity index (χ1v) is 10.6. The number of nitro benzene ring substituents is 2. The molecule has 0 aliphatic rings. The lowest BCUT2D eigenvalue weighted by molar-refractivity contribution is -0.385. The van der Waals surface area contributed by atoms with Crippen LogP contribution < -0.4 is 0 Å². The second-order valence-corrected chi connectivity index (χ2v) is 8.17. The molecule has 0 spiro atoms. The van der Waals surface area contributed by atoms with E-state index in [2.05, 4.69) is 0 Å². The summed E-state index contributed by atoms with van der Waals surface area (Å²) in [6, 6.07) is 11.6. The van der Waals surface area contributed by atoms with Gasteiger partial charge in [-0.1, -0.05) is 6.07 Å². The Morgan fingerprint density at radius 3 is 1.32 bits per heavy atom. The molecule has 174 valence electrons. The van der Waals surface area contributed by atoms with Gasteiger partial charge in [0.15, 0.2) is 0 Å². The van der Waals surface area contributed by atoms with Crippen LogP contribution in [0, 0.1) is 47.9 Å². The number of hydrogen-bond acceptors (Lipinski definition) is 7. The molecule has 0 saturated heterocycles. The number of benzene rings is 2. The second-order valence-electron chi connectivity index (χ2n) is 8.17. The van der Waals surface area contributed by atoms with Gasteiger partial charge in [-0.05, 0) is 75.9 Å². The molecule has 0 amide bonds. The highest BCUT2D eigenvalue weighted by Gasteiger charge is 2.14. The van der Waals surface area contributed by atoms with Gasteiger partial charge in [-0.25, -0.2) is 4.98 Å². The highest BCUT2D eigenvalue weighted by atomic mass is 16.6. The van der Waals surface area contributed by atoms with Gasteiger partial charge in [0.1, 0.15) is 0 Å². The summed E-state index contributed by atoms with van der Waals surface area (Å²) in [5, 5.41) is 22.2. The number of aryl methyl sites for hydroxylation is 4. The van der Waals surface area contributed by atoms with Gasteiger partial charge >= 0.3 is 0 Å². The largest absolute Gasteiger partial charge is 0.270 e. The third kappa shape index (κ3) is 5.20. The van der Waals surface area contributed by atoms with Crippen molar-refractivity contribution in [3.63, 3.8) is 0 Å². The molecule has 1 heterocycles. The summed E-state index contributed by atoms with van der Waals surface area (Å²) in [6.07, 6.45) is 0. The number of aromatic nitrogens is 1. The molecule has 1 aromatic heterocycles. The Labute approximate surface area is 197 Å². The Kier molecular flexibility index (Phi) is 6.95. The van der Waals surface area contributed by atoms with Gasteiger partial charge in [0.25, 0.3) is 11.4 Å². The third-order valence-corrected chi connectivity index (χ3v) is 5.42. The first-order valence-electron chi connectivity index (χ1n) is 10.6. The molecule has 0 atom stereocenters. The van der Waals surface area contributed by atoms with Gasteiger partial charge in [-0.3, -0.25) is 30.2 Å². The van der Waals surface area contributed by atoms with Crippen molar-refractivity contribution in [2.24, 2.45) is 9.98 Å². The fraction of sp³-hybridized carbons (Fsp3) is 0.240. The Bertz CT molecular complexity index is 1230. The quantitative estimate of drug-likeness (QED) is 0.239. The van der Waals surface area contributed by atoms with Crippen LogP contribution in [-0.2, 0) is 0 Å². The second kappa shape index (κ2) is 9.70. The number of rotatable bonds is 6. The number of non-ortho nitro benzene ring substituents is 2. The van der Waals surface area contributed by atoms with Crippen molar-refractivity contribution in [2.45, 2.75) is 41.5 Å². The molecule has 3 rings (SSSR count). The minimum Gasteiger partial charge on any atom is -0.258 e. The van der Waals surface area contributed by atoms with Gasteiger partial charge in [0.2, 0.25) is 0 Å². The van der Waals surface area contributed by atoms with E-state index in [-0.39, 0.29) is 11.4 Å². The normalized spacial score (nSPS) is 12.1. The van der Waals surface area contributed by atoms with Crippen LogP contribution in [0.1, 0.15) is 47.5 Å². The predicted octanol–water partition coefficient (Wildman–Crippen LogP) is 6.41. The number of pyridine rings is 1. The standard InChI is InChI=1S/C25H25N5O4/c1-14-10-20(29(31)32)11-15(2)24(14)26-18(5)22-8-7-9-23(28-22)19(6)27-25-16(3)12-21(30(33)34)13-17(25)4/h7-13H,1-6H3. The van der Waals surface area contributed by atoms with Gasteiger partial charge in [0, 0.05) is 24.3 Å². The number of nitrogens with zero attached hydrogens (tertiary/aromatic N) is 5. The first kappa shape index (κ1) is 24.4. The zero-order valence-electron chi connectivity index (χ0n) is 19.9. The minimum atomic E-state index is -0.415. The highest BCUT2D eigenvalue weighted by Crippen LogP contribution is 2.30. The van der Waals surface area contributed by atoms with Crippen LogP contribution in [0.15, 0.2) is 52.4 Å². The van der Waals surface area contributed by atoms with Gasteiger partial charge in [0.05, 0.1) is 44.0 Å². The summed E-state index contributed by atoms with van der Waals surface area (Å²) in [6.45, 7) is 10.8. The molecule has 34 heavy (non-hydrogen) atoms. The molecule has 3 aromatic rings. The Morgan fingerprint density at radius 1 is 0.706 bits per heavy atom. The first-order chi connectivity index (χ1) is 16.0. The average Bonchev–Trinajstić information content (AvgIpc) is 2.78. The van der Waals surface area contributed by atoms with Crippen LogP contribution in [0.4, 0.5) is 22.7 Å². The summed E-state index contributed by atoms with van der Waals surface area (Å²) < 4.78 is 0. The highest BCUT2D eigenvalue weighted by molar-refractivity contribution is 6.02. The Morgan fingerprint density at radius 2 is 1.03 bits per heavy atom. The minimum absolute atomic E-state index is 0.0374. The Balaban J connectivity index is 1.98. The van der Waals surface area contributed by atoms with Crippen LogP contribution in [0.3, 0.4) is 0 Å². The van der Waals surface area contributed by atoms with Gasteiger partial charge < -0.3 is 0 Å². The van der Waals surface area contributed by atoms with E-state index >= 15 is 0 Å². The zero-order valence-corrected chi connectivity index (χ0v) is 19.9. The van der Waals surface area contributed by atoms with E-state index in [0.717, 1.165) is 0 Å². The van der Waals surface area contributed by atoms with Crippen LogP contribution >= 0.6 is 0 Å². The monoisotopic (exact) mass is 459 g/mol. The summed E-state index contributed by atoms with van der Waals surface area (Å²) in [5.74, 6) is 0. The molecule has 9 heteroatoms. The van der Waals surface area contributed by atoms with Crippen LogP contribution in [-0.4, -0.2) is 26.3 Å². The topological polar surface area (TPSA) is 124 Å². The maximum atomic E-state index is 11.1. The molecule has 0 N–H and O–H groups in total. The smallest absolute Gasteiger partial charge is 0.258 e. The van der Waals surface area contributed by atoms with E-state index < -0.39 is 9.85 Å². The van der Waals surface area contributed by atoms with Crippen molar-refractivity contribution in [3.05, 3.63) is 96.3 Å². The van der Waals surface area contributed by atoms with E-state index in [1.54, 1.807) is 27.7 Å². The molecule has 0 fully saturated rings. The third-order valence-electron chi connectivity index (χ3n) is 5.42. The number of nitro groups is 2. The summed E-state index contributed by atoms with van der Waals surface area (Å²) in [7, 11) is 0. The van der Waals surface area contributed by atoms with Gasteiger partial charge in [-0.2, -0.15) is 0 Å². The summed E-state index contributed by atoms with van der Waals surface area (Å²) in [4.78, 5) is 35.5. The summed E-state index contributed by atoms with van der Waals surface area (Å²) in [5.41, 5.74) is 6.92. The lowest BCUT2D eigenvalue weighted by Gasteiger charge is -2.09. The van der Waals surface area contributed by atoms with E-state index in [4.69, 9.17) is 15.0 Å². The fourth-order valence-corrected chi connectivity index (χ4v) is 3.72. The molecule has 0 bridgehead atoms. The van der Waals surface area contributed by atoms with E-state index in [1.165, 1.54) is 24.3 Å². The van der Waals surface area contributed by atoms with Crippen LogP contribution in [0.5, 0.6) is 0 Å². The predicted molar refractivity (Wildman–Crippen MR) is 133 cm³/mol. The Hall–Kier alpha value is -4.27. The molecule has 0 unspecified atom stereocenters. The summed E-state index contributed by atoms with van der Waals surface area (Å²) >= 11 is 0. The van der Waals surface area contributed by atoms with Gasteiger partial charge in [-0.15, -0.1) is 0 Å². The maximum Gasteiger partial charge on any atom is 0.270 e. The van der Waals surface area contributed by atoms with Crippen LogP contribution in [0.25, 0.3) is 0 Å². The maximum absolute atomic E-state index is 11.1. The van der Waals surface area contributed by atoms with E-state index in [0.29, 0.717) is 56.4 Å². The molecule has 0 radical (unpaired) electrons. The average molecular weight is 460 g/mol. The molecule has 0 aliphatic heterocycles. The zero-order chi connectivity index (χ0) is 25.2. The SMILES string of the molecule is CC(=Nc1c(C)cc([N+](=O)[O-])cc1C)c1cccc(C(C)=Nc2c(C)cc([N+](=O)[O-])cc2C)n1. The lowest BCUT2D eigenvalue weighted by atomic mass is 10.1. The molecule has 2 aromatic carbocycles. The fourth-order valence-electron chi connectivity index (χ4n) is 3.72. The molecule has 0 aliphatic carbocycles. The van der Waals surface area contributed by atoms with E-state index in [1.807, 2.05) is 32.0 Å². The van der Waals surface area contributed by atoms with Crippen molar-refractivity contribution < 1.29 is 9.85 Å². The van der Waals surface area contributed by atoms with Crippen molar-refractivity contribution in [1.82, 2.24) is 4.98 Å². The lowest BCUT2D eigenvalue weighted by Crippen LogP contribution is -2.05. The molecule has 0 saturated carbocycles. The molecule has 9 nitrogen and oxygen atoms in total. The molecular weight excluding hydrogens is 434 g/mol. The van der Waals surface area contributed by atoms with Crippen molar-refractivity contribution in [1.29, 1.82) is 0 Å². The van der Waals surface area contributed by atoms with Crippen LogP contribution in [0.2, 0.25) is 0 Å². The van der Waals surface area contributed by atoms with Crippen molar-refractivity contribution in [2.75, 3.05) is 0 Å². The number of aliphatic imine (C=N–C) groups is 2. The number of hydrogen-bond donors (Lipinski definition) is 0. The van der Waals surface area contributed by atoms with Crippen molar-refractivity contribution in [3.8, 4) is 0 Å². The molecular formula is C25H25N5O4. The van der Waals surface area contributed by atoms with Crippen molar-refractivity contribution >= 4 is 34.2 Å².